The quantitative estimate of drug-likeness (QED) is 0.530. The van der Waals surface area contributed by atoms with Crippen LogP contribution < -0.4 is 5.73 Å². The molecule has 0 radical (unpaired) electrons. The maximum absolute atomic E-state index is 10.1. The third-order valence-corrected chi connectivity index (χ3v) is 4.63. The lowest BCUT2D eigenvalue weighted by atomic mass is 10.1. The number of alkyl halides is 2. The van der Waals surface area contributed by atoms with Crippen LogP contribution in [0, 0.1) is 0 Å². The summed E-state index contributed by atoms with van der Waals surface area (Å²) in [5, 5.41) is 16.4. The van der Waals surface area contributed by atoms with E-state index in [1.807, 2.05) is 0 Å². The van der Waals surface area contributed by atoms with E-state index in [0.717, 1.165) is 0 Å². The average molecular weight is 355 g/mol. The molecule has 0 aromatic carbocycles. The van der Waals surface area contributed by atoms with E-state index < -0.39 is 29.4 Å². The first-order valence-corrected chi connectivity index (χ1v) is 7.02. The molecule has 4 N–H and O–H groups in total. The first-order chi connectivity index (χ1) is 9.86. The molecule has 1 fully saturated rings. The Balaban J connectivity index is 2.10. The summed E-state index contributed by atoms with van der Waals surface area (Å²) in [6.07, 6.45) is -0.585. The second-order valence-corrected chi connectivity index (χ2v) is 5.96. The van der Waals surface area contributed by atoms with Crippen molar-refractivity contribution in [2.45, 2.75) is 22.8 Å². The van der Waals surface area contributed by atoms with E-state index in [9.17, 15) is 10.2 Å². The van der Waals surface area contributed by atoms with Gasteiger partial charge in [0.2, 0.25) is 5.95 Å². The highest BCUT2D eigenvalue weighted by atomic mass is 35.5. The van der Waals surface area contributed by atoms with Crippen LogP contribution in [0.3, 0.4) is 0 Å². The first-order valence-electron chi connectivity index (χ1n) is 5.83. The number of aliphatic hydroxyl groups is 2. The van der Waals surface area contributed by atoms with Crippen LogP contribution in [0.25, 0.3) is 11.2 Å². The summed E-state index contributed by atoms with van der Waals surface area (Å²) in [5.74, 6) is -0.0433. The van der Waals surface area contributed by atoms with Crippen molar-refractivity contribution in [3.8, 4) is 0 Å². The average Bonchev–Trinajstić information content (AvgIpc) is 2.91. The largest absolute Gasteiger partial charge is 0.394 e. The zero-order valence-electron chi connectivity index (χ0n) is 10.3. The number of nitrogen functional groups attached to an aromatic ring is 1. The summed E-state index contributed by atoms with van der Waals surface area (Å²) in [6, 6.07) is 0. The highest BCUT2D eigenvalue weighted by Gasteiger charge is 2.55. The van der Waals surface area contributed by atoms with Crippen molar-refractivity contribution >= 4 is 51.9 Å². The molecule has 11 heteroatoms. The Morgan fingerprint density at radius 3 is 2.81 bits per heavy atom. The SMILES string of the molecule is Nc1nc(Cl)c2ncn(C3OC(CO)C(O)(Cl)C3Cl)c2n1. The summed E-state index contributed by atoms with van der Waals surface area (Å²) >= 11 is 18.0. The Bertz CT molecular complexity index is 694. The van der Waals surface area contributed by atoms with Crippen LogP contribution >= 0.6 is 34.8 Å². The van der Waals surface area contributed by atoms with Gasteiger partial charge in [-0.2, -0.15) is 9.97 Å². The van der Waals surface area contributed by atoms with Crippen molar-refractivity contribution in [2.24, 2.45) is 0 Å². The van der Waals surface area contributed by atoms with E-state index in [4.69, 9.17) is 45.3 Å². The minimum Gasteiger partial charge on any atom is -0.394 e. The number of nitrogens with two attached hydrogens (primary N) is 1. The Morgan fingerprint density at radius 1 is 1.48 bits per heavy atom. The van der Waals surface area contributed by atoms with Gasteiger partial charge in [0.1, 0.15) is 17.0 Å². The summed E-state index contributed by atoms with van der Waals surface area (Å²) in [7, 11) is 0. The van der Waals surface area contributed by atoms with Gasteiger partial charge in [0.05, 0.1) is 12.9 Å². The molecule has 1 saturated heterocycles. The number of ether oxygens (including phenoxy) is 1. The van der Waals surface area contributed by atoms with E-state index in [1.54, 1.807) is 0 Å². The van der Waals surface area contributed by atoms with Crippen LogP contribution in [0.4, 0.5) is 5.95 Å². The normalized spacial score (nSPS) is 32.9. The molecule has 1 aliphatic rings. The molecule has 0 amide bonds. The van der Waals surface area contributed by atoms with E-state index in [-0.39, 0.29) is 16.7 Å². The molecule has 0 spiro atoms. The Morgan fingerprint density at radius 2 is 2.19 bits per heavy atom. The van der Waals surface area contributed by atoms with Crippen molar-refractivity contribution in [1.82, 2.24) is 19.5 Å². The maximum atomic E-state index is 10.1. The Hall–Kier alpha value is -0.900. The first kappa shape index (κ1) is 15.0. The molecule has 3 heterocycles. The van der Waals surface area contributed by atoms with Gasteiger partial charge in [-0.1, -0.05) is 23.2 Å². The Kier molecular flexibility index (Phi) is 3.63. The molecule has 21 heavy (non-hydrogen) atoms. The van der Waals surface area contributed by atoms with Crippen molar-refractivity contribution < 1.29 is 14.9 Å². The number of halogens is 3. The van der Waals surface area contributed by atoms with Gasteiger partial charge in [-0.05, 0) is 0 Å². The minimum absolute atomic E-state index is 0.0433. The molecule has 0 saturated carbocycles. The summed E-state index contributed by atoms with van der Waals surface area (Å²) < 4.78 is 6.92. The van der Waals surface area contributed by atoms with Crippen LogP contribution in [0.2, 0.25) is 5.15 Å². The predicted octanol–water partition coefficient (Wildman–Crippen LogP) is 0.486. The smallest absolute Gasteiger partial charge is 0.223 e. The molecule has 8 nitrogen and oxygen atoms in total. The van der Waals surface area contributed by atoms with Gasteiger partial charge in [-0.25, -0.2) is 4.98 Å². The summed E-state index contributed by atoms with van der Waals surface area (Å²) in [5.41, 5.74) is 6.15. The third kappa shape index (κ3) is 2.23. The number of aliphatic hydroxyl groups excluding tert-OH is 1. The number of hydrogen-bond acceptors (Lipinski definition) is 7. The number of rotatable bonds is 2. The molecule has 4 atom stereocenters. The zero-order valence-corrected chi connectivity index (χ0v) is 12.6. The zero-order chi connectivity index (χ0) is 15.4. The van der Waals surface area contributed by atoms with E-state index in [2.05, 4.69) is 15.0 Å². The Labute approximate surface area is 133 Å². The molecule has 2 aromatic rings. The predicted molar refractivity (Wildman–Crippen MR) is 76.2 cm³/mol. The molecule has 0 aliphatic carbocycles. The fourth-order valence-electron chi connectivity index (χ4n) is 2.17. The van der Waals surface area contributed by atoms with Crippen molar-refractivity contribution in [3.05, 3.63) is 11.5 Å². The minimum atomic E-state index is -1.93. The maximum Gasteiger partial charge on any atom is 0.223 e. The lowest BCUT2D eigenvalue weighted by Crippen LogP contribution is -2.41. The molecule has 2 aromatic heterocycles. The lowest BCUT2D eigenvalue weighted by Gasteiger charge is -2.21. The fourth-order valence-corrected chi connectivity index (χ4v) is 2.94. The van der Waals surface area contributed by atoms with Crippen molar-refractivity contribution in [2.75, 3.05) is 12.3 Å². The standard InChI is InChI=1S/C10H10Cl3N5O3/c11-5-8(21-3(1-19)10(5,13)20)18-2-15-4-6(12)16-9(14)17-7(4)18/h2-3,5,8,19-20H,1H2,(H2,14,16,17). The summed E-state index contributed by atoms with van der Waals surface area (Å²) in [4.78, 5) is 11.9. The van der Waals surface area contributed by atoms with Gasteiger partial charge in [0.25, 0.3) is 0 Å². The van der Waals surface area contributed by atoms with Gasteiger partial charge in [-0.3, -0.25) is 4.57 Å². The molecular weight excluding hydrogens is 345 g/mol. The highest BCUT2D eigenvalue weighted by Crippen LogP contribution is 2.44. The monoisotopic (exact) mass is 353 g/mol. The lowest BCUT2D eigenvalue weighted by molar-refractivity contribution is -0.0533. The van der Waals surface area contributed by atoms with Gasteiger partial charge in [0, 0.05) is 0 Å². The third-order valence-electron chi connectivity index (χ3n) is 3.23. The number of anilines is 1. The van der Waals surface area contributed by atoms with Crippen LogP contribution in [0.15, 0.2) is 6.33 Å². The second kappa shape index (κ2) is 5.08. The summed E-state index contributed by atoms with van der Waals surface area (Å²) in [6.45, 7) is -0.496. The number of fused-ring (bicyclic) bond motifs is 1. The molecule has 4 unspecified atom stereocenters. The van der Waals surface area contributed by atoms with Crippen LogP contribution in [0.1, 0.15) is 6.23 Å². The molecule has 114 valence electrons. The van der Waals surface area contributed by atoms with E-state index in [1.165, 1.54) is 10.9 Å². The van der Waals surface area contributed by atoms with Gasteiger partial charge in [-0.15, -0.1) is 11.6 Å². The number of hydrogen-bond donors (Lipinski definition) is 3. The van der Waals surface area contributed by atoms with Crippen LogP contribution in [-0.4, -0.2) is 52.9 Å². The van der Waals surface area contributed by atoms with Crippen LogP contribution in [0.5, 0.6) is 0 Å². The van der Waals surface area contributed by atoms with E-state index in [0.29, 0.717) is 5.52 Å². The van der Waals surface area contributed by atoms with Crippen LogP contribution in [-0.2, 0) is 4.74 Å². The molecule has 1 aliphatic heterocycles. The van der Waals surface area contributed by atoms with Gasteiger partial charge >= 0.3 is 0 Å². The van der Waals surface area contributed by atoms with Gasteiger partial charge in [0.15, 0.2) is 22.1 Å². The van der Waals surface area contributed by atoms with Crippen molar-refractivity contribution in [1.29, 1.82) is 0 Å². The number of imidazole rings is 1. The number of aromatic nitrogens is 4. The van der Waals surface area contributed by atoms with E-state index >= 15 is 0 Å². The molecular formula is C10H10Cl3N5O3. The molecule has 3 rings (SSSR count). The molecule has 0 bridgehead atoms. The fraction of sp³-hybridized carbons (Fsp3) is 0.500. The van der Waals surface area contributed by atoms with Gasteiger partial charge < -0.3 is 20.7 Å². The number of nitrogens with zero attached hydrogens (tertiary/aromatic N) is 4. The highest BCUT2D eigenvalue weighted by molar-refractivity contribution is 6.33. The topological polar surface area (TPSA) is 119 Å². The second-order valence-electron chi connectivity index (χ2n) is 4.52. The van der Waals surface area contributed by atoms with Crippen molar-refractivity contribution in [3.63, 3.8) is 0 Å².